The number of aliphatic hydroxyl groups excluding tert-OH is 1. The molecule has 2 rings (SSSR count). The molecule has 0 spiro atoms. The Labute approximate surface area is 101 Å². The van der Waals surface area contributed by atoms with Crippen LogP contribution in [-0.2, 0) is 0 Å². The number of aliphatic hydroxyl groups is 1. The molecule has 0 bridgehead atoms. The fraction of sp³-hybridized carbons (Fsp3) is 0.500. The standard InChI is InChI=1S/C14H16FNO/c1-10-4-5-12(15)11(8-10)13(17)14(9-16)6-2-3-7-14/h4-5,8,13,17H,2-3,6-7H2,1H3. The lowest BCUT2D eigenvalue weighted by Crippen LogP contribution is -2.24. The number of hydrogen-bond donors (Lipinski definition) is 1. The van der Waals surface area contributed by atoms with Crippen LogP contribution in [0.2, 0.25) is 0 Å². The van der Waals surface area contributed by atoms with Gasteiger partial charge in [-0.2, -0.15) is 5.26 Å². The molecule has 1 atom stereocenters. The van der Waals surface area contributed by atoms with Crippen LogP contribution >= 0.6 is 0 Å². The Morgan fingerprint density at radius 3 is 2.65 bits per heavy atom. The summed E-state index contributed by atoms with van der Waals surface area (Å²) < 4.78 is 13.7. The first-order chi connectivity index (χ1) is 8.09. The van der Waals surface area contributed by atoms with Gasteiger partial charge in [0.25, 0.3) is 0 Å². The van der Waals surface area contributed by atoms with Crippen molar-refractivity contribution in [2.45, 2.75) is 38.7 Å². The van der Waals surface area contributed by atoms with Crippen molar-refractivity contribution >= 4 is 0 Å². The van der Waals surface area contributed by atoms with Crippen molar-refractivity contribution in [3.8, 4) is 6.07 Å². The molecule has 1 unspecified atom stereocenters. The van der Waals surface area contributed by atoms with Crippen LogP contribution < -0.4 is 0 Å². The van der Waals surface area contributed by atoms with Gasteiger partial charge >= 0.3 is 0 Å². The van der Waals surface area contributed by atoms with E-state index in [0.29, 0.717) is 12.8 Å². The molecule has 1 saturated carbocycles. The monoisotopic (exact) mass is 233 g/mol. The Balaban J connectivity index is 2.39. The maximum absolute atomic E-state index is 13.7. The second-order valence-electron chi connectivity index (χ2n) is 4.90. The third kappa shape index (κ3) is 2.05. The maximum Gasteiger partial charge on any atom is 0.129 e. The van der Waals surface area contributed by atoms with Crippen molar-refractivity contribution < 1.29 is 9.50 Å². The van der Waals surface area contributed by atoms with Gasteiger partial charge in [0.05, 0.1) is 11.5 Å². The minimum absolute atomic E-state index is 0.258. The molecule has 17 heavy (non-hydrogen) atoms. The van der Waals surface area contributed by atoms with Crippen molar-refractivity contribution in [2.75, 3.05) is 0 Å². The summed E-state index contributed by atoms with van der Waals surface area (Å²) in [7, 11) is 0. The predicted octanol–water partition coefficient (Wildman–Crippen LogP) is 3.25. The first-order valence-corrected chi connectivity index (χ1v) is 5.94. The Morgan fingerprint density at radius 1 is 1.41 bits per heavy atom. The fourth-order valence-electron chi connectivity index (χ4n) is 2.62. The lowest BCUT2D eigenvalue weighted by Gasteiger charge is -2.27. The van der Waals surface area contributed by atoms with Gasteiger partial charge in [-0.1, -0.05) is 30.5 Å². The predicted molar refractivity (Wildman–Crippen MR) is 62.6 cm³/mol. The largest absolute Gasteiger partial charge is 0.387 e. The van der Waals surface area contributed by atoms with E-state index < -0.39 is 17.3 Å². The number of hydrogen-bond acceptors (Lipinski definition) is 2. The average Bonchev–Trinajstić information content (AvgIpc) is 2.81. The summed E-state index contributed by atoms with van der Waals surface area (Å²) >= 11 is 0. The highest BCUT2D eigenvalue weighted by atomic mass is 19.1. The second-order valence-corrected chi connectivity index (χ2v) is 4.90. The minimum Gasteiger partial charge on any atom is -0.387 e. The third-order valence-electron chi connectivity index (χ3n) is 3.69. The highest BCUT2D eigenvalue weighted by molar-refractivity contribution is 5.29. The number of rotatable bonds is 2. The Hall–Kier alpha value is -1.40. The summed E-state index contributed by atoms with van der Waals surface area (Å²) in [4.78, 5) is 0. The molecule has 1 aliphatic carbocycles. The number of halogens is 1. The van der Waals surface area contributed by atoms with E-state index in [-0.39, 0.29) is 5.56 Å². The quantitative estimate of drug-likeness (QED) is 0.852. The van der Waals surface area contributed by atoms with Crippen molar-refractivity contribution in [3.63, 3.8) is 0 Å². The molecule has 1 aliphatic rings. The molecule has 0 radical (unpaired) electrons. The average molecular weight is 233 g/mol. The highest BCUT2D eigenvalue weighted by Gasteiger charge is 2.42. The van der Waals surface area contributed by atoms with Gasteiger partial charge in [-0.15, -0.1) is 0 Å². The lowest BCUT2D eigenvalue weighted by atomic mass is 9.78. The Kier molecular flexibility index (Phi) is 3.17. The number of nitriles is 1. The molecule has 0 aliphatic heterocycles. The highest BCUT2D eigenvalue weighted by Crippen LogP contribution is 2.47. The van der Waals surface area contributed by atoms with E-state index >= 15 is 0 Å². The van der Waals surface area contributed by atoms with E-state index in [9.17, 15) is 14.8 Å². The molecular weight excluding hydrogens is 217 g/mol. The first kappa shape index (κ1) is 12.1. The lowest BCUT2D eigenvalue weighted by molar-refractivity contribution is 0.0638. The van der Waals surface area contributed by atoms with Crippen LogP contribution in [0.25, 0.3) is 0 Å². The van der Waals surface area contributed by atoms with Crippen LogP contribution in [0, 0.1) is 29.5 Å². The zero-order valence-corrected chi connectivity index (χ0v) is 9.91. The smallest absolute Gasteiger partial charge is 0.129 e. The van der Waals surface area contributed by atoms with Crippen molar-refractivity contribution in [3.05, 3.63) is 35.1 Å². The zero-order valence-electron chi connectivity index (χ0n) is 9.91. The zero-order chi connectivity index (χ0) is 12.5. The first-order valence-electron chi connectivity index (χ1n) is 5.94. The normalized spacial score (nSPS) is 19.9. The molecule has 2 nitrogen and oxygen atoms in total. The topological polar surface area (TPSA) is 44.0 Å². The summed E-state index contributed by atoms with van der Waals surface area (Å²) in [6.45, 7) is 1.85. The molecule has 1 N–H and O–H groups in total. The molecule has 3 heteroatoms. The van der Waals surface area contributed by atoms with E-state index in [4.69, 9.17) is 0 Å². The summed E-state index contributed by atoms with van der Waals surface area (Å²) in [5, 5.41) is 19.6. The molecule has 1 aromatic rings. The molecule has 0 amide bonds. The summed E-state index contributed by atoms with van der Waals surface area (Å²) in [6, 6.07) is 6.86. The van der Waals surface area contributed by atoms with E-state index in [2.05, 4.69) is 6.07 Å². The van der Waals surface area contributed by atoms with Gasteiger partial charge in [-0.3, -0.25) is 0 Å². The molecular formula is C14H16FNO. The van der Waals surface area contributed by atoms with Crippen LogP contribution in [0.15, 0.2) is 18.2 Å². The third-order valence-corrected chi connectivity index (χ3v) is 3.69. The van der Waals surface area contributed by atoms with Crippen LogP contribution in [0.4, 0.5) is 4.39 Å². The van der Waals surface area contributed by atoms with Gasteiger partial charge < -0.3 is 5.11 Å². The van der Waals surface area contributed by atoms with Gasteiger partial charge in [0.15, 0.2) is 0 Å². The van der Waals surface area contributed by atoms with Crippen LogP contribution in [0.5, 0.6) is 0 Å². The van der Waals surface area contributed by atoms with Crippen molar-refractivity contribution in [1.82, 2.24) is 0 Å². The van der Waals surface area contributed by atoms with E-state index in [1.165, 1.54) is 6.07 Å². The maximum atomic E-state index is 13.7. The molecule has 0 saturated heterocycles. The Morgan fingerprint density at radius 2 is 2.06 bits per heavy atom. The summed E-state index contributed by atoms with van der Waals surface area (Å²) in [6.07, 6.45) is 2.14. The van der Waals surface area contributed by atoms with E-state index in [1.807, 2.05) is 6.92 Å². The second kappa shape index (κ2) is 4.46. The molecule has 0 heterocycles. The SMILES string of the molecule is Cc1ccc(F)c(C(O)C2(C#N)CCCC2)c1. The Bertz CT molecular complexity index is 458. The summed E-state index contributed by atoms with van der Waals surface area (Å²) in [5.74, 6) is -0.426. The minimum atomic E-state index is -1.02. The number of nitrogens with zero attached hydrogens (tertiary/aromatic N) is 1. The van der Waals surface area contributed by atoms with Gasteiger partial charge in [0.1, 0.15) is 11.9 Å². The van der Waals surface area contributed by atoms with E-state index in [1.54, 1.807) is 12.1 Å². The van der Waals surface area contributed by atoms with Crippen LogP contribution in [0.1, 0.15) is 42.9 Å². The molecule has 0 aromatic heterocycles. The van der Waals surface area contributed by atoms with Gasteiger partial charge in [-0.05, 0) is 25.8 Å². The molecule has 1 aromatic carbocycles. The fourth-order valence-corrected chi connectivity index (χ4v) is 2.62. The van der Waals surface area contributed by atoms with Crippen LogP contribution in [-0.4, -0.2) is 5.11 Å². The van der Waals surface area contributed by atoms with Gasteiger partial charge in [0, 0.05) is 5.56 Å². The van der Waals surface area contributed by atoms with E-state index in [0.717, 1.165) is 18.4 Å². The summed E-state index contributed by atoms with van der Waals surface area (Å²) in [5.41, 5.74) is 0.356. The number of benzene rings is 1. The van der Waals surface area contributed by atoms with Crippen LogP contribution in [0.3, 0.4) is 0 Å². The molecule has 90 valence electrons. The van der Waals surface area contributed by atoms with Crippen molar-refractivity contribution in [1.29, 1.82) is 5.26 Å². The van der Waals surface area contributed by atoms with Crippen molar-refractivity contribution in [2.24, 2.45) is 5.41 Å². The number of aryl methyl sites for hydroxylation is 1. The molecule has 1 fully saturated rings. The van der Waals surface area contributed by atoms with Gasteiger partial charge in [0.2, 0.25) is 0 Å². The van der Waals surface area contributed by atoms with Gasteiger partial charge in [-0.25, -0.2) is 4.39 Å².